The average molecular weight is 412 g/mol. The molecule has 0 fully saturated rings. The second kappa shape index (κ2) is 8.42. The number of hydrogen-bond acceptors (Lipinski definition) is 7. The highest BCUT2D eigenvalue weighted by Gasteiger charge is 2.11. The van der Waals surface area contributed by atoms with Crippen LogP contribution in [0.5, 0.6) is 0 Å². The van der Waals surface area contributed by atoms with Crippen molar-refractivity contribution in [3.8, 4) is 11.5 Å². The first-order chi connectivity index (χ1) is 15.0. The van der Waals surface area contributed by atoms with Gasteiger partial charge in [0, 0.05) is 18.0 Å². The highest BCUT2D eigenvalue weighted by molar-refractivity contribution is 5.95. The molecule has 0 unspecified atom stereocenters. The van der Waals surface area contributed by atoms with E-state index in [9.17, 15) is 9.59 Å². The topological polar surface area (TPSA) is 132 Å². The van der Waals surface area contributed by atoms with Gasteiger partial charge >= 0.3 is 11.6 Å². The number of nitrogens with zero attached hydrogens (tertiary/aromatic N) is 3. The van der Waals surface area contributed by atoms with Crippen LogP contribution < -0.4 is 11.4 Å². The van der Waals surface area contributed by atoms with Crippen molar-refractivity contribution in [1.82, 2.24) is 15.0 Å². The number of carboxylic acids is 1. The number of nitrogens with two attached hydrogens (primary N) is 1. The van der Waals surface area contributed by atoms with Gasteiger partial charge in [-0.1, -0.05) is 36.4 Å². The molecule has 31 heavy (non-hydrogen) atoms. The number of pyridine rings is 2. The van der Waals surface area contributed by atoms with Crippen LogP contribution in [0.15, 0.2) is 88.3 Å². The van der Waals surface area contributed by atoms with E-state index in [0.717, 1.165) is 16.3 Å². The molecule has 3 heterocycles. The second-order valence-electron chi connectivity index (χ2n) is 6.45. The Kier molecular flexibility index (Phi) is 5.35. The molecule has 3 N–H and O–H groups in total. The minimum Gasteiger partial charge on any atom is -0.476 e. The maximum atomic E-state index is 12.0. The van der Waals surface area contributed by atoms with Crippen LogP contribution in [0.3, 0.4) is 0 Å². The molecule has 8 heteroatoms. The summed E-state index contributed by atoms with van der Waals surface area (Å²) in [6.07, 6.45) is 2.94. The van der Waals surface area contributed by atoms with Crippen LogP contribution in [0.25, 0.3) is 33.3 Å². The predicted octanol–water partition coefficient (Wildman–Crippen LogP) is 3.77. The van der Waals surface area contributed by atoms with Gasteiger partial charge in [0.15, 0.2) is 11.2 Å². The average Bonchev–Trinajstić information content (AvgIpc) is 2.79. The predicted molar refractivity (Wildman–Crippen MR) is 117 cm³/mol. The first kappa shape index (κ1) is 19.7. The zero-order valence-electron chi connectivity index (χ0n) is 16.1. The van der Waals surface area contributed by atoms with E-state index >= 15 is 0 Å². The lowest BCUT2D eigenvalue weighted by Gasteiger charge is -2.05. The van der Waals surface area contributed by atoms with Crippen molar-refractivity contribution >= 4 is 33.5 Å². The van der Waals surface area contributed by atoms with E-state index in [0.29, 0.717) is 11.4 Å². The molecule has 0 atom stereocenters. The number of benzene rings is 2. The van der Waals surface area contributed by atoms with Crippen molar-refractivity contribution in [3.05, 3.63) is 95.2 Å². The fourth-order valence-corrected chi connectivity index (χ4v) is 3.04. The summed E-state index contributed by atoms with van der Waals surface area (Å²) in [5.74, 6) is -0.782. The lowest BCUT2D eigenvalue weighted by molar-refractivity contribution is 0.0692. The molecule has 0 aliphatic carbocycles. The van der Waals surface area contributed by atoms with Crippen LogP contribution in [-0.2, 0) is 0 Å². The lowest BCUT2D eigenvalue weighted by Crippen LogP contribution is -2.04. The fraction of sp³-hybridized carbons (Fsp3) is 0. The van der Waals surface area contributed by atoms with Crippen LogP contribution in [0, 0.1) is 0 Å². The molecular weight excluding hydrogens is 396 g/mol. The highest BCUT2D eigenvalue weighted by Crippen LogP contribution is 2.27. The molecule has 0 saturated carbocycles. The lowest BCUT2D eigenvalue weighted by atomic mass is 10.0. The van der Waals surface area contributed by atoms with Gasteiger partial charge in [-0.25, -0.2) is 24.5 Å². The number of rotatable bonds is 2. The maximum absolute atomic E-state index is 12.0. The molecule has 0 radical (unpaired) electrons. The number of aromatic carboxylic acids is 1. The largest absolute Gasteiger partial charge is 0.476 e. The van der Waals surface area contributed by atoms with Gasteiger partial charge in [-0.15, -0.1) is 0 Å². The van der Waals surface area contributed by atoms with E-state index in [-0.39, 0.29) is 16.9 Å². The Bertz CT molecular complexity index is 1460. The van der Waals surface area contributed by atoms with Gasteiger partial charge in [-0.2, -0.15) is 0 Å². The third-order valence-electron chi connectivity index (χ3n) is 4.45. The van der Waals surface area contributed by atoms with E-state index in [4.69, 9.17) is 15.3 Å². The third kappa shape index (κ3) is 4.08. The monoisotopic (exact) mass is 412 g/mol. The number of carboxylic acid groups (broad SMARTS) is 1. The summed E-state index contributed by atoms with van der Waals surface area (Å²) >= 11 is 0. The molecule has 3 aromatic heterocycles. The Balaban J connectivity index is 0.000000196. The minimum atomic E-state index is -1.10. The molecule has 0 saturated heterocycles. The SMILES string of the molecule is Nc1cccnc1C(=O)O.O=c1oc(-c2cccc3ccccc23)nc2cccnc12. The van der Waals surface area contributed by atoms with Crippen molar-refractivity contribution in [2.45, 2.75) is 0 Å². The summed E-state index contributed by atoms with van der Waals surface area (Å²) in [4.78, 5) is 34.3. The number of hydrogen-bond donors (Lipinski definition) is 2. The van der Waals surface area contributed by atoms with Crippen molar-refractivity contribution in [1.29, 1.82) is 0 Å². The van der Waals surface area contributed by atoms with Crippen LogP contribution in [0.2, 0.25) is 0 Å². The van der Waals surface area contributed by atoms with Gasteiger partial charge in [-0.05, 0) is 41.1 Å². The van der Waals surface area contributed by atoms with Gasteiger partial charge in [0.05, 0.1) is 5.69 Å². The van der Waals surface area contributed by atoms with Crippen LogP contribution in [0.1, 0.15) is 10.5 Å². The molecule has 5 aromatic rings. The molecular formula is C23H16N4O4. The fourth-order valence-electron chi connectivity index (χ4n) is 3.04. The molecule has 152 valence electrons. The highest BCUT2D eigenvalue weighted by atomic mass is 16.4. The summed E-state index contributed by atoms with van der Waals surface area (Å²) in [6, 6.07) is 20.3. The third-order valence-corrected chi connectivity index (χ3v) is 4.45. The smallest absolute Gasteiger partial charge is 0.365 e. The van der Waals surface area contributed by atoms with Crippen LogP contribution in [-0.4, -0.2) is 26.0 Å². The van der Waals surface area contributed by atoms with Gasteiger partial charge in [0.25, 0.3) is 0 Å². The molecule has 0 spiro atoms. The van der Waals surface area contributed by atoms with Crippen LogP contribution >= 0.6 is 0 Å². The number of fused-ring (bicyclic) bond motifs is 2. The van der Waals surface area contributed by atoms with Gasteiger partial charge < -0.3 is 15.3 Å². The number of nitrogen functional groups attached to an aromatic ring is 1. The van der Waals surface area contributed by atoms with Crippen molar-refractivity contribution < 1.29 is 14.3 Å². The summed E-state index contributed by atoms with van der Waals surface area (Å²) < 4.78 is 5.36. The first-order valence-corrected chi connectivity index (χ1v) is 9.22. The zero-order chi connectivity index (χ0) is 21.8. The van der Waals surface area contributed by atoms with Crippen LogP contribution in [0.4, 0.5) is 5.69 Å². The zero-order valence-corrected chi connectivity index (χ0v) is 16.1. The van der Waals surface area contributed by atoms with E-state index in [1.165, 1.54) is 12.3 Å². The summed E-state index contributed by atoms with van der Waals surface area (Å²) in [6.45, 7) is 0. The summed E-state index contributed by atoms with van der Waals surface area (Å²) in [5.41, 5.74) is 6.50. The van der Waals surface area contributed by atoms with Crippen molar-refractivity contribution in [3.63, 3.8) is 0 Å². The van der Waals surface area contributed by atoms with Gasteiger partial charge in [0.2, 0.25) is 5.89 Å². The maximum Gasteiger partial charge on any atom is 0.365 e. The molecule has 2 aromatic carbocycles. The molecule has 0 amide bonds. The Morgan fingerprint density at radius 2 is 1.65 bits per heavy atom. The number of carbonyl (C=O) groups is 1. The standard InChI is InChI=1S/C17H10N2O2.C6H6N2O2/c20-17-15-14(9-4-10-18-15)19-16(21-17)13-8-3-6-11-5-1-2-7-12(11)13;7-4-2-1-3-8-5(4)6(9)10/h1-10H;1-3H,7H2,(H,9,10). The van der Waals surface area contributed by atoms with E-state index in [2.05, 4.69) is 15.0 Å². The number of aromatic nitrogens is 3. The molecule has 5 rings (SSSR count). The first-order valence-electron chi connectivity index (χ1n) is 9.22. The normalized spacial score (nSPS) is 10.5. The molecule has 0 bridgehead atoms. The molecule has 0 aliphatic heterocycles. The Labute approximate surface area is 175 Å². The minimum absolute atomic E-state index is 0.0949. The Morgan fingerprint density at radius 3 is 2.42 bits per heavy atom. The van der Waals surface area contributed by atoms with E-state index in [1.54, 1.807) is 24.4 Å². The summed E-state index contributed by atoms with van der Waals surface area (Å²) in [5, 5.41) is 10.5. The van der Waals surface area contributed by atoms with Crippen molar-refractivity contribution in [2.75, 3.05) is 5.73 Å². The quantitative estimate of drug-likeness (QED) is 0.448. The Morgan fingerprint density at radius 1 is 0.903 bits per heavy atom. The molecule has 8 nitrogen and oxygen atoms in total. The second-order valence-corrected chi connectivity index (χ2v) is 6.45. The number of anilines is 1. The van der Waals surface area contributed by atoms with E-state index in [1.807, 2.05) is 42.5 Å². The van der Waals surface area contributed by atoms with Gasteiger partial charge in [-0.3, -0.25) is 0 Å². The van der Waals surface area contributed by atoms with E-state index < -0.39 is 11.6 Å². The van der Waals surface area contributed by atoms with Gasteiger partial charge in [0.1, 0.15) is 5.52 Å². The molecule has 0 aliphatic rings. The Hall–Kier alpha value is -4.59. The van der Waals surface area contributed by atoms with Crippen molar-refractivity contribution in [2.24, 2.45) is 0 Å². The summed E-state index contributed by atoms with van der Waals surface area (Å²) in [7, 11) is 0.